The molecule has 0 aliphatic rings. The fourth-order valence-electron chi connectivity index (χ4n) is 2.13. The molecule has 1 N–H and O–H groups in total. The molecule has 0 aliphatic carbocycles. The molecular formula is C17H11BrN4S2. The van der Waals surface area contributed by atoms with E-state index < -0.39 is 0 Å². The molecule has 4 nitrogen and oxygen atoms in total. The average molecular weight is 415 g/mol. The van der Waals surface area contributed by atoms with Gasteiger partial charge in [-0.25, -0.2) is 15.0 Å². The van der Waals surface area contributed by atoms with Crippen molar-refractivity contribution in [3.05, 3.63) is 65.4 Å². The topological polar surface area (TPSA) is 50.7 Å². The Morgan fingerprint density at radius 1 is 1.04 bits per heavy atom. The van der Waals surface area contributed by atoms with Crippen LogP contribution in [0.25, 0.3) is 10.3 Å². The lowest BCUT2D eigenvalue weighted by atomic mass is 10.4. The summed E-state index contributed by atoms with van der Waals surface area (Å²) in [6, 6.07) is 16.1. The molecule has 0 fully saturated rings. The van der Waals surface area contributed by atoms with Gasteiger partial charge >= 0.3 is 0 Å². The lowest BCUT2D eigenvalue weighted by molar-refractivity contribution is 1.20. The van der Waals surface area contributed by atoms with Crippen molar-refractivity contribution in [2.75, 3.05) is 5.32 Å². The fourth-order valence-corrected chi connectivity index (χ4v) is 4.36. The number of thiazole rings is 1. The number of fused-ring (bicyclic) bond motifs is 1. The highest BCUT2D eigenvalue weighted by molar-refractivity contribution is 9.10. The second-order valence-corrected chi connectivity index (χ2v) is 7.90. The van der Waals surface area contributed by atoms with E-state index in [1.54, 1.807) is 24.2 Å². The van der Waals surface area contributed by atoms with Crippen LogP contribution in [-0.2, 0) is 0 Å². The number of anilines is 2. The average Bonchev–Trinajstić information content (AvgIpc) is 3.01. The summed E-state index contributed by atoms with van der Waals surface area (Å²) in [7, 11) is 0. The molecule has 0 saturated carbocycles. The highest BCUT2D eigenvalue weighted by atomic mass is 79.9. The second-order valence-electron chi connectivity index (χ2n) is 4.89. The lowest BCUT2D eigenvalue weighted by Crippen LogP contribution is -1.95. The summed E-state index contributed by atoms with van der Waals surface area (Å²) in [4.78, 5) is 16.5. The molecule has 0 atom stereocenters. The molecule has 3 aromatic heterocycles. The second kappa shape index (κ2) is 6.88. The van der Waals surface area contributed by atoms with Gasteiger partial charge in [-0.1, -0.05) is 41.3 Å². The molecule has 0 saturated heterocycles. The Hall–Kier alpha value is -1.96. The minimum Gasteiger partial charge on any atom is -0.315 e. The van der Waals surface area contributed by atoms with E-state index >= 15 is 0 Å². The zero-order valence-corrected chi connectivity index (χ0v) is 15.5. The van der Waals surface area contributed by atoms with Gasteiger partial charge in [0.25, 0.3) is 0 Å². The fraction of sp³-hybridized carbons (Fsp3) is 0. The summed E-state index contributed by atoms with van der Waals surface area (Å²) < 4.78 is 0.942. The van der Waals surface area contributed by atoms with Crippen LogP contribution in [0.1, 0.15) is 0 Å². The van der Waals surface area contributed by atoms with Crippen molar-refractivity contribution in [2.45, 2.75) is 9.79 Å². The van der Waals surface area contributed by atoms with Crippen molar-refractivity contribution in [2.24, 2.45) is 0 Å². The van der Waals surface area contributed by atoms with Crippen LogP contribution in [0.5, 0.6) is 0 Å². The van der Waals surface area contributed by atoms with E-state index in [0.29, 0.717) is 0 Å². The third-order valence-corrected chi connectivity index (χ3v) is 5.55. The number of halogens is 1. The zero-order chi connectivity index (χ0) is 16.4. The van der Waals surface area contributed by atoms with E-state index in [-0.39, 0.29) is 0 Å². The first kappa shape index (κ1) is 15.6. The van der Waals surface area contributed by atoms with Crippen LogP contribution in [-0.4, -0.2) is 15.0 Å². The molecule has 0 spiro atoms. The van der Waals surface area contributed by atoms with E-state index in [1.165, 1.54) is 11.3 Å². The summed E-state index contributed by atoms with van der Waals surface area (Å²) in [6.07, 6.45) is 3.56. The van der Waals surface area contributed by atoms with Crippen LogP contribution in [0.2, 0.25) is 0 Å². The Bertz CT molecular complexity index is 955. The van der Waals surface area contributed by atoms with Crippen LogP contribution in [0.4, 0.5) is 10.9 Å². The van der Waals surface area contributed by atoms with Gasteiger partial charge in [0, 0.05) is 21.8 Å². The van der Waals surface area contributed by atoms with Gasteiger partial charge in [0.1, 0.15) is 16.2 Å². The van der Waals surface area contributed by atoms with Crippen molar-refractivity contribution in [1.29, 1.82) is 0 Å². The Kier molecular flexibility index (Phi) is 4.46. The van der Waals surface area contributed by atoms with Crippen LogP contribution >= 0.6 is 39.0 Å². The molecule has 4 rings (SSSR count). The van der Waals surface area contributed by atoms with Crippen molar-refractivity contribution in [1.82, 2.24) is 15.0 Å². The largest absolute Gasteiger partial charge is 0.315 e. The number of aromatic nitrogens is 3. The third kappa shape index (κ3) is 3.43. The summed E-state index contributed by atoms with van der Waals surface area (Å²) in [6.45, 7) is 0. The SMILES string of the molecule is Brc1cnc(Nc2nc3cccnc3s2)c(Sc2ccccc2)c1. The standard InChI is InChI=1S/C17H11BrN4S2/c18-11-9-14(23-12-5-2-1-3-6-12)15(20-10-11)22-17-21-13-7-4-8-19-16(13)24-17/h1-10H,(H,20,21,22). The number of rotatable bonds is 4. The van der Waals surface area contributed by atoms with Gasteiger partial charge in [0.2, 0.25) is 0 Å². The molecule has 0 amide bonds. The van der Waals surface area contributed by atoms with E-state index in [2.05, 4.69) is 54.4 Å². The minimum atomic E-state index is 0.783. The van der Waals surface area contributed by atoms with Gasteiger partial charge < -0.3 is 5.32 Å². The van der Waals surface area contributed by atoms with E-state index in [9.17, 15) is 0 Å². The normalized spacial score (nSPS) is 10.9. The molecule has 4 aromatic rings. The molecule has 0 radical (unpaired) electrons. The molecule has 0 unspecified atom stereocenters. The molecule has 24 heavy (non-hydrogen) atoms. The summed E-state index contributed by atoms with van der Waals surface area (Å²) in [5.74, 6) is 0.783. The highest BCUT2D eigenvalue weighted by Gasteiger charge is 2.11. The number of nitrogens with zero attached hydrogens (tertiary/aromatic N) is 3. The summed E-state index contributed by atoms with van der Waals surface area (Å²) in [5.41, 5.74) is 0.888. The number of hydrogen-bond donors (Lipinski definition) is 1. The maximum absolute atomic E-state index is 4.56. The van der Waals surface area contributed by atoms with Gasteiger partial charge in [-0.2, -0.15) is 0 Å². The number of hydrogen-bond acceptors (Lipinski definition) is 6. The maximum atomic E-state index is 4.56. The smallest absolute Gasteiger partial charge is 0.190 e. The van der Waals surface area contributed by atoms with Gasteiger partial charge in [0.15, 0.2) is 5.13 Å². The van der Waals surface area contributed by atoms with Crippen molar-refractivity contribution in [3.63, 3.8) is 0 Å². The number of nitrogens with one attached hydrogen (secondary N) is 1. The first-order valence-electron chi connectivity index (χ1n) is 7.15. The van der Waals surface area contributed by atoms with Crippen LogP contribution in [0.15, 0.2) is 75.2 Å². The molecule has 1 aromatic carbocycles. The minimum absolute atomic E-state index is 0.783. The van der Waals surface area contributed by atoms with Gasteiger partial charge in [-0.3, -0.25) is 0 Å². The van der Waals surface area contributed by atoms with E-state index in [1.807, 2.05) is 30.3 Å². The van der Waals surface area contributed by atoms with Gasteiger partial charge in [0.05, 0.1) is 4.90 Å². The highest BCUT2D eigenvalue weighted by Crippen LogP contribution is 2.36. The van der Waals surface area contributed by atoms with Crippen molar-refractivity contribution < 1.29 is 0 Å². The first-order chi connectivity index (χ1) is 11.8. The summed E-state index contributed by atoms with van der Waals surface area (Å²) in [5, 5.41) is 4.11. The molecule has 3 heterocycles. The first-order valence-corrected chi connectivity index (χ1v) is 9.57. The maximum Gasteiger partial charge on any atom is 0.190 e. The van der Waals surface area contributed by atoms with Gasteiger partial charge in [-0.15, -0.1) is 0 Å². The van der Waals surface area contributed by atoms with Crippen molar-refractivity contribution >= 4 is 60.3 Å². The third-order valence-electron chi connectivity index (χ3n) is 3.18. The Morgan fingerprint density at radius 3 is 2.75 bits per heavy atom. The summed E-state index contributed by atoms with van der Waals surface area (Å²) >= 11 is 6.67. The van der Waals surface area contributed by atoms with Crippen LogP contribution in [0, 0.1) is 0 Å². The van der Waals surface area contributed by atoms with Crippen molar-refractivity contribution in [3.8, 4) is 0 Å². The molecule has 7 heteroatoms. The van der Waals surface area contributed by atoms with Crippen LogP contribution in [0.3, 0.4) is 0 Å². The number of benzene rings is 1. The quantitative estimate of drug-likeness (QED) is 0.460. The monoisotopic (exact) mass is 414 g/mol. The zero-order valence-electron chi connectivity index (χ0n) is 12.3. The predicted molar refractivity (Wildman–Crippen MR) is 103 cm³/mol. The molecular weight excluding hydrogens is 404 g/mol. The predicted octanol–water partition coefficient (Wildman–Crippen LogP) is 5.74. The Balaban J connectivity index is 1.67. The molecule has 0 bridgehead atoms. The molecule has 0 aliphatic heterocycles. The number of pyridine rings is 2. The van der Waals surface area contributed by atoms with E-state index in [4.69, 9.17) is 0 Å². The Labute approximate surface area is 155 Å². The van der Waals surface area contributed by atoms with Crippen LogP contribution < -0.4 is 5.32 Å². The Morgan fingerprint density at radius 2 is 1.92 bits per heavy atom. The lowest BCUT2D eigenvalue weighted by Gasteiger charge is -2.09. The molecule has 118 valence electrons. The van der Waals surface area contributed by atoms with E-state index in [0.717, 1.165) is 35.6 Å². The van der Waals surface area contributed by atoms with Gasteiger partial charge in [-0.05, 0) is 46.3 Å².